The highest BCUT2D eigenvalue weighted by Crippen LogP contribution is 2.33. The minimum absolute atomic E-state index is 0.100. The third-order valence-corrected chi connectivity index (χ3v) is 3.65. The Morgan fingerprint density at radius 2 is 2.05 bits per heavy atom. The van der Waals surface area contributed by atoms with Gasteiger partial charge < -0.3 is 19.5 Å². The summed E-state index contributed by atoms with van der Waals surface area (Å²) >= 11 is 0. The van der Waals surface area contributed by atoms with Crippen LogP contribution in [0, 0.1) is 0 Å². The van der Waals surface area contributed by atoms with Crippen molar-refractivity contribution in [2.24, 2.45) is 0 Å². The Morgan fingerprint density at radius 3 is 2.71 bits per heavy atom. The molecule has 5 heteroatoms. The minimum atomic E-state index is -0.373. The van der Waals surface area contributed by atoms with E-state index in [9.17, 15) is 4.79 Å². The first-order chi connectivity index (χ1) is 10.2. The molecule has 21 heavy (non-hydrogen) atoms. The van der Waals surface area contributed by atoms with E-state index in [2.05, 4.69) is 11.4 Å². The fourth-order valence-electron chi connectivity index (χ4n) is 2.55. The molecule has 0 radical (unpaired) electrons. The van der Waals surface area contributed by atoms with Gasteiger partial charge in [0.1, 0.15) is 0 Å². The second-order valence-electron chi connectivity index (χ2n) is 5.03. The average molecular weight is 293 g/mol. The fourth-order valence-corrected chi connectivity index (χ4v) is 2.55. The monoisotopic (exact) mass is 293 g/mol. The number of hydrogen-bond acceptors (Lipinski definition) is 5. The van der Waals surface area contributed by atoms with E-state index < -0.39 is 0 Å². The van der Waals surface area contributed by atoms with Gasteiger partial charge in [-0.1, -0.05) is 6.07 Å². The Bertz CT molecular complexity index is 469. The van der Waals surface area contributed by atoms with E-state index >= 15 is 0 Å². The maximum Gasteiger partial charge on any atom is 0.344 e. The first-order valence-corrected chi connectivity index (χ1v) is 7.41. The van der Waals surface area contributed by atoms with Crippen LogP contribution in [0.1, 0.15) is 31.2 Å². The highest BCUT2D eigenvalue weighted by Gasteiger charge is 2.17. The van der Waals surface area contributed by atoms with Crippen LogP contribution in [0.3, 0.4) is 0 Å². The average Bonchev–Trinajstić information content (AvgIpc) is 2.54. The zero-order valence-corrected chi connectivity index (χ0v) is 12.7. The second-order valence-corrected chi connectivity index (χ2v) is 5.03. The number of carbonyl (C=O) groups excluding carboxylic acids is 1. The third kappa shape index (κ3) is 4.36. The van der Waals surface area contributed by atoms with Gasteiger partial charge in [-0.15, -0.1) is 0 Å². The van der Waals surface area contributed by atoms with Gasteiger partial charge >= 0.3 is 5.97 Å². The third-order valence-electron chi connectivity index (χ3n) is 3.65. The van der Waals surface area contributed by atoms with Crippen LogP contribution in [-0.2, 0) is 9.53 Å². The molecule has 0 atom stereocenters. The van der Waals surface area contributed by atoms with Crippen LogP contribution < -0.4 is 14.8 Å². The summed E-state index contributed by atoms with van der Waals surface area (Å²) in [7, 11) is 1.61. The van der Waals surface area contributed by atoms with Crippen molar-refractivity contribution in [3.8, 4) is 11.5 Å². The molecule has 1 aromatic carbocycles. The Hall–Kier alpha value is -1.75. The van der Waals surface area contributed by atoms with E-state index in [1.807, 2.05) is 12.1 Å². The van der Waals surface area contributed by atoms with Gasteiger partial charge in [0.25, 0.3) is 0 Å². The molecule has 1 saturated heterocycles. The summed E-state index contributed by atoms with van der Waals surface area (Å²) in [4.78, 5) is 11.3. The van der Waals surface area contributed by atoms with Gasteiger partial charge in [-0.3, -0.25) is 0 Å². The van der Waals surface area contributed by atoms with E-state index in [-0.39, 0.29) is 12.6 Å². The Kier molecular flexibility index (Phi) is 5.87. The van der Waals surface area contributed by atoms with Crippen molar-refractivity contribution in [1.82, 2.24) is 5.32 Å². The van der Waals surface area contributed by atoms with Crippen LogP contribution in [0.15, 0.2) is 18.2 Å². The van der Waals surface area contributed by atoms with Crippen molar-refractivity contribution in [2.45, 2.75) is 25.7 Å². The summed E-state index contributed by atoms with van der Waals surface area (Å²) in [6, 6.07) is 5.94. The van der Waals surface area contributed by atoms with Crippen molar-refractivity contribution in [1.29, 1.82) is 0 Å². The highest BCUT2D eigenvalue weighted by atomic mass is 16.6. The van der Waals surface area contributed by atoms with E-state index in [0.29, 0.717) is 24.0 Å². The van der Waals surface area contributed by atoms with Crippen LogP contribution >= 0.6 is 0 Å². The largest absolute Gasteiger partial charge is 0.493 e. The lowest BCUT2D eigenvalue weighted by Crippen LogP contribution is -2.26. The molecular formula is C16H23NO4. The smallest absolute Gasteiger partial charge is 0.344 e. The van der Waals surface area contributed by atoms with Crippen molar-refractivity contribution in [2.75, 3.05) is 33.4 Å². The lowest BCUT2D eigenvalue weighted by molar-refractivity contribution is -0.145. The molecular weight excluding hydrogens is 270 g/mol. The molecule has 1 aliphatic heterocycles. The molecule has 0 unspecified atom stereocenters. The number of carbonyl (C=O) groups is 1. The molecule has 1 fully saturated rings. The summed E-state index contributed by atoms with van der Waals surface area (Å²) < 4.78 is 15.7. The van der Waals surface area contributed by atoms with Crippen molar-refractivity contribution < 1.29 is 19.0 Å². The SMILES string of the molecule is CCOC(=O)COc1ccc(C2CCNCC2)cc1OC. The first kappa shape index (κ1) is 15.6. The van der Waals surface area contributed by atoms with Gasteiger partial charge in [0, 0.05) is 0 Å². The predicted octanol–water partition coefficient (Wildman–Crippen LogP) is 2.10. The van der Waals surface area contributed by atoms with Gasteiger partial charge in [0.15, 0.2) is 18.1 Å². The lowest BCUT2D eigenvalue weighted by atomic mass is 9.90. The highest BCUT2D eigenvalue weighted by molar-refractivity contribution is 5.71. The molecule has 0 aliphatic carbocycles. The number of piperidine rings is 1. The maximum absolute atomic E-state index is 11.3. The van der Waals surface area contributed by atoms with Crippen molar-refractivity contribution >= 4 is 5.97 Å². The van der Waals surface area contributed by atoms with Crippen molar-refractivity contribution in [3.63, 3.8) is 0 Å². The Labute approximate surface area is 125 Å². The summed E-state index contributed by atoms with van der Waals surface area (Å²) in [5, 5.41) is 3.36. The molecule has 0 saturated carbocycles. The minimum Gasteiger partial charge on any atom is -0.493 e. The van der Waals surface area contributed by atoms with Crippen LogP contribution in [0.25, 0.3) is 0 Å². The number of rotatable bonds is 6. The topological polar surface area (TPSA) is 56.8 Å². The van der Waals surface area contributed by atoms with E-state index in [0.717, 1.165) is 25.9 Å². The normalized spacial score (nSPS) is 15.5. The predicted molar refractivity (Wildman–Crippen MR) is 80.0 cm³/mol. The van der Waals surface area contributed by atoms with Crippen LogP contribution in [0.2, 0.25) is 0 Å². The number of nitrogens with one attached hydrogen (secondary N) is 1. The van der Waals surface area contributed by atoms with Gasteiger partial charge in [-0.25, -0.2) is 4.79 Å². The maximum atomic E-state index is 11.3. The molecule has 0 aromatic heterocycles. The number of ether oxygens (including phenoxy) is 3. The quantitative estimate of drug-likeness (QED) is 0.814. The molecule has 2 rings (SSSR count). The molecule has 116 valence electrons. The molecule has 1 heterocycles. The number of esters is 1. The number of methoxy groups -OCH3 is 1. The van der Waals surface area contributed by atoms with Gasteiger partial charge in [-0.05, 0) is 56.5 Å². The van der Waals surface area contributed by atoms with Gasteiger partial charge in [-0.2, -0.15) is 0 Å². The number of benzene rings is 1. The standard InChI is InChI=1S/C16H23NO4/c1-3-20-16(18)11-21-14-5-4-13(10-15(14)19-2)12-6-8-17-9-7-12/h4-5,10,12,17H,3,6-9,11H2,1-2H3. The molecule has 1 aromatic rings. The molecule has 1 N–H and O–H groups in total. The summed E-state index contributed by atoms with van der Waals surface area (Å²) in [6.45, 7) is 4.12. The summed E-state index contributed by atoms with van der Waals surface area (Å²) in [5.74, 6) is 1.42. The molecule has 0 amide bonds. The van der Waals surface area contributed by atoms with Crippen LogP contribution in [-0.4, -0.2) is 39.4 Å². The van der Waals surface area contributed by atoms with Crippen LogP contribution in [0.4, 0.5) is 0 Å². The number of hydrogen-bond donors (Lipinski definition) is 1. The lowest BCUT2D eigenvalue weighted by Gasteiger charge is -2.23. The van der Waals surface area contributed by atoms with Crippen molar-refractivity contribution in [3.05, 3.63) is 23.8 Å². The molecule has 0 bridgehead atoms. The van der Waals surface area contributed by atoms with Gasteiger partial charge in [0.2, 0.25) is 0 Å². The van der Waals surface area contributed by atoms with E-state index in [1.54, 1.807) is 14.0 Å². The molecule has 0 spiro atoms. The summed E-state index contributed by atoms with van der Waals surface area (Å²) in [6.07, 6.45) is 2.26. The van der Waals surface area contributed by atoms with Crippen LogP contribution in [0.5, 0.6) is 11.5 Å². The fraction of sp³-hybridized carbons (Fsp3) is 0.562. The van der Waals surface area contributed by atoms with Gasteiger partial charge in [0.05, 0.1) is 13.7 Å². The Balaban J connectivity index is 2.03. The first-order valence-electron chi connectivity index (χ1n) is 7.41. The summed E-state index contributed by atoms with van der Waals surface area (Å²) in [5.41, 5.74) is 1.26. The van der Waals surface area contributed by atoms with E-state index in [1.165, 1.54) is 5.56 Å². The van der Waals surface area contributed by atoms with E-state index in [4.69, 9.17) is 14.2 Å². The zero-order valence-electron chi connectivity index (χ0n) is 12.7. The molecule has 5 nitrogen and oxygen atoms in total. The Morgan fingerprint density at radius 1 is 1.29 bits per heavy atom. The second kappa shape index (κ2) is 7.88. The molecule has 1 aliphatic rings. The zero-order chi connectivity index (χ0) is 15.1.